The summed E-state index contributed by atoms with van der Waals surface area (Å²) in [5.74, 6) is 0.909. The molecule has 0 unspecified atom stereocenters. The van der Waals surface area contributed by atoms with Gasteiger partial charge < -0.3 is 20.1 Å². The van der Waals surface area contributed by atoms with E-state index in [-0.39, 0.29) is 29.3 Å². The van der Waals surface area contributed by atoms with Gasteiger partial charge in [0.25, 0.3) is 0 Å². The van der Waals surface area contributed by atoms with Crippen molar-refractivity contribution in [3.8, 4) is 34.1 Å². The van der Waals surface area contributed by atoms with E-state index < -0.39 is 0 Å². The molecule has 3 aromatic carbocycles. The molecule has 4 rings (SSSR count). The number of phenolic OH excluding ortho intramolecular Hbond substituents is 3. The van der Waals surface area contributed by atoms with E-state index in [1.54, 1.807) is 13.2 Å². The van der Waals surface area contributed by atoms with Crippen molar-refractivity contribution in [2.24, 2.45) is 0 Å². The normalized spacial score (nSPS) is 19.1. The third-order valence-electron chi connectivity index (χ3n) is 6.65. The summed E-state index contributed by atoms with van der Waals surface area (Å²) in [6.45, 7) is 8.14. The Bertz CT molecular complexity index is 1170. The number of nitrogens with zero attached hydrogens (tertiary/aromatic N) is 1. The van der Waals surface area contributed by atoms with Crippen LogP contribution in [0.5, 0.6) is 23.0 Å². The zero-order valence-corrected chi connectivity index (χ0v) is 18.4. The molecule has 0 aliphatic carbocycles. The highest BCUT2D eigenvalue weighted by atomic mass is 16.5. The van der Waals surface area contributed by atoms with E-state index in [4.69, 9.17) is 4.74 Å². The summed E-state index contributed by atoms with van der Waals surface area (Å²) in [6, 6.07) is 7.35. The number of aromatic hydroxyl groups is 3. The lowest BCUT2D eigenvalue weighted by molar-refractivity contribution is 0.176. The van der Waals surface area contributed by atoms with E-state index in [0.29, 0.717) is 17.6 Å². The third kappa shape index (κ3) is 2.88. The van der Waals surface area contributed by atoms with Crippen molar-refractivity contribution in [3.05, 3.63) is 46.5 Å². The number of phenols is 3. The van der Waals surface area contributed by atoms with E-state index in [0.717, 1.165) is 38.8 Å². The Hall–Kier alpha value is -2.92. The van der Waals surface area contributed by atoms with Gasteiger partial charge in [0.1, 0.15) is 23.0 Å². The van der Waals surface area contributed by atoms with Crippen LogP contribution < -0.4 is 4.74 Å². The molecule has 1 heterocycles. The number of fused-ring (bicyclic) bond motifs is 2. The molecule has 0 bridgehead atoms. The molecule has 3 aromatic rings. The molecule has 5 heteroatoms. The first-order valence-electron chi connectivity index (χ1n) is 10.3. The maximum atomic E-state index is 11.0. The highest BCUT2D eigenvalue weighted by Crippen LogP contribution is 2.50. The van der Waals surface area contributed by atoms with Crippen LogP contribution in [0.4, 0.5) is 0 Å². The summed E-state index contributed by atoms with van der Waals surface area (Å²) in [5, 5.41) is 33.9. The number of rotatable bonds is 2. The minimum Gasteiger partial charge on any atom is -0.507 e. The molecule has 3 N–H and O–H groups in total. The largest absolute Gasteiger partial charge is 0.507 e. The van der Waals surface area contributed by atoms with Crippen molar-refractivity contribution in [1.29, 1.82) is 0 Å². The molecule has 2 atom stereocenters. The van der Waals surface area contributed by atoms with Crippen LogP contribution in [-0.4, -0.2) is 40.4 Å². The van der Waals surface area contributed by atoms with E-state index in [9.17, 15) is 15.3 Å². The van der Waals surface area contributed by atoms with Gasteiger partial charge in [0.05, 0.1) is 12.5 Å². The minimum atomic E-state index is 0.0167. The van der Waals surface area contributed by atoms with Gasteiger partial charge >= 0.3 is 0 Å². The fourth-order valence-corrected chi connectivity index (χ4v) is 4.97. The summed E-state index contributed by atoms with van der Waals surface area (Å²) in [6.07, 6.45) is 0.707. The summed E-state index contributed by atoms with van der Waals surface area (Å²) in [4.78, 5) is 2.23. The lowest BCUT2D eigenvalue weighted by Crippen LogP contribution is -2.38. The highest BCUT2D eigenvalue weighted by Gasteiger charge is 2.33. The molecule has 0 fully saturated rings. The molecule has 30 heavy (non-hydrogen) atoms. The fourth-order valence-electron chi connectivity index (χ4n) is 4.97. The number of hydrogen-bond acceptors (Lipinski definition) is 5. The van der Waals surface area contributed by atoms with Crippen LogP contribution in [0.15, 0.2) is 24.3 Å². The molecule has 5 nitrogen and oxygen atoms in total. The number of likely N-dealkylation sites (N-methyl/N-ethyl adjacent to an activating group) is 1. The summed E-state index contributed by atoms with van der Waals surface area (Å²) < 4.78 is 5.56. The average molecular weight is 408 g/mol. The second-order valence-electron chi connectivity index (χ2n) is 8.55. The summed E-state index contributed by atoms with van der Waals surface area (Å²) >= 11 is 0. The second-order valence-corrected chi connectivity index (χ2v) is 8.55. The Balaban J connectivity index is 2.17. The van der Waals surface area contributed by atoms with Crippen LogP contribution in [-0.2, 0) is 6.42 Å². The van der Waals surface area contributed by atoms with E-state index >= 15 is 0 Å². The number of benzene rings is 3. The first-order chi connectivity index (χ1) is 14.1. The first-order valence-corrected chi connectivity index (χ1v) is 10.3. The maximum absolute atomic E-state index is 11.0. The first kappa shape index (κ1) is 20.4. The second kappa shape index (κ2) is 7.10. The Morgan fingerprint density at radius 3 is 2.30 bits per heavy atom. The molecule has 158 valence electrons. The molecule has 0 saturated heterocycles. The Kier molecular flexibility index (Phi) is 4.82. The smallest absolute Gasteiger partial charge is 0.130 e. The van der Waals surface area contributed by atoms with Crippen molar-refractivity contribution >= 4 is 10.8 Å². The third-order valence-corrected chi connectivity index (χ3v) is 6.65. The summed E-state index contributed by atoms with van der Waals surface area (Å²) in [7, 11) is 3.64. The number of ether oxygens (including phenoxy) is 1. The SMILES string of the molecule is COc1cc(C)cc2c(-c3c(O)cc(O)c4c3C[C@@H](C)N(C)[C@@H]4C)c(C)cc(O)c12. The van der Waals surface area contributed by atoms with Crippen LogP contribution in [0.3, 0.4) is 0 Å². The Labute approximate surface area is 177 Å². The Morgan fingerprint density at radius 1 is 0.933 bits per heavy atom. The fraction of sp³-hybridized carbons (Fsp3) is 0.360. The standard InChI is InChI=1S/C25H29NO4/c1-12-7-16-22(13(2)9-18(27)24(16)21(8-12)30-6)25-17-10-14(3)26(5)15(4)23(17)19(28)11-20(25)29/h7-9,11,14-15,27-29H,10H2,1-6H3/t14-,15-/m1/s1. The lowest BCUT2D eigenvalue weighted by Gasteiger charge is -2.39. The quantitative estimate of drug-likeness (QED) is 0.545. The monoisotopic (exact) mass is 407 g/mol. The van der Waals surface area contributed by atoms with E-state index in [1.807, 2.05) is 26.0 Å². The topological polar surface area (TPSA) is 73.2 Å². The molecule has 0 radical (unpaired) electrons. The van der Waals surface area contributed by atoms with Crippen molar-refractivity contribution in [1.82, 2.24) is 4.90 Å². The molecule has 1 aliphatic rings. The van der Waals surface area contributed by atoms with Gasteiger partial charge in [-0.2, -0.15) is 0 Å². The zero-order valence-electron chi connectivity index (χ0n) is 18.4. The predicted octanol–water partition coefficient (Wildman–Crippen LogP) is 5.19. The van der Waals surface area contributed by atoms with Gasteiger partial charge in [0.15, 0.2) is 0 Å². The average Bonchev–Trinajstić information content (AvgIpc) is 2.66. The van der Waals surface area contributed by atoms with Crippen molar-refractivity contribution in [2.75, 3.05) is 14.2 Å². The molecule has 1 aliphatic heterocycles. The van der Waals surface area contributed by atoms with Gasteiger partial charge in [0.2, 0.25) is 0 Å². The molecule has 0 saturated carbocycles. The van der Waals surface area contributed by atoms with Gasteiger partial charge in [-0.15, -0.1) is 0 Å². The predicted molar refractivity (Wildman–Crippen MR) is 120 cm³/mol. The van der Waals surface area contributed by atoms with Crippen LogP contribution in [0.1, 0.15) is 42.1 Å². The molecule has 0 spiro atoms. The zero-order chi connectivity index (χ0) is 21.9. The van der Waals surface area contributed by atoms with Crippen molar-refractivity contribution < 1.29 is 20.1 Å². The lowest BCUT2D eigenvalue weighted by atomic mass is 9.81. The molecule has 0 amide bonds. The van der Waals surface area contributed by atoms with Gasteiger partial charge in [-0.1, -0.05) is 6.07 Å². The van der Waals surface area contributed by atoms with Crippen LogP contribution >= 0.6 is 0 Å². The molecular formula is C25H29NO4. The maximum Gasteiger partial charge on any atom is 0.130 e. The molecular weight excluding hydrogens is 378 g/mol. The number of methoxy groups -OCH3 is 1. The number of hydrogen-bond donors (Lipinski definition) is 3. The van der Waals surface area contributed by atoms with Gasteiger partial charge in [-0.3, -0.25) is 4.90 Å². The number of aryl methyl sites for hydroxylation is 2. The van der Waals surface area contributed by atoms with Crippen molar-refractivity contribution in [3.63, 3.8) is 0 Å². The van der Waals surface area contributed by atoms with Gasteiger partial charge in [-0.05, 0) is 80.9 Å². The summed E-state index contributed by atoms with van der Waals surface area (Å²) in [5.41, 5.74) is 5.26. The molecule has 0 aromatic heterocycles. The van der Waals surface area contributed by atoms with Crippen LogP contribution in [0.2, 0.25) is 0 Å². The minimum absolute atomic E-state index is 0.0167. The van der Waals surface area contributed by atoms with Crippen molar-refractivity contribution in [2.45, 2.75) is 46.2 Å². The van der Waals surface area contributed by atoms with Crippen LogP contribution in [0, 0.1) is 13.8 Å². The highest BCUT2D eigenvalue weighted by molar-refractivity contribution is 6.06. The van der Waals surface area contributed by atoms with Gasteiger partial charge in [0, 0.05) is 29.3 Å². The van der Waals surface area contributed by atoms with E-state index in [2.05, 4.69) is 25.8 Å². The Morgan fingerprint density at radius 2 is 1.63 bits per heavy atom. The van der Waals surface area contributed by atoms with E-state index in [1.165, 1.54) is 6.07 Å². The van der Waals surface area contributed by atoms with Crippen LogP contribution in [0.25, 0.3) is 21.9 Å². The van der Waals surface area contributed by atoms with Gasteiger partial charge in [-0.25, -0.2) is 0 Å².